The van der Waals surface area contributed by atoms with Crippen molar-refractivity contribution in [2.45, 2.75) is 63.9 Å². The molecule has 2 heterocycles. The normalized spacial score (nSPS) is 43.5. The highest BCUT2D eigenvalue weighted by atomic mass is 16.6. The number of methoxy groups -OCH3 is 1. The van der Waals surface area contributed by atoms with Crippen molar-refractivity contribution in [3.8, 4) is 5.75 Å². The molecular formula is C23H32NO4+. The molecule has 2 aliphatic heterocycles. The van der Waals surface area contributed by atoms with Gasteiger partial charge in [-0.3, -0.25) is 4.79 Å². The monoisotopic (exact) mass is 386 g/mol. The highest BCUT2D eigenvalue weighted by molar-refractivity contribution is 5.76. The molecule has 0 radical (unpaired) electrons. The predicted molar refractivity (Wildman–Crippen MR) is 104 cm³/mol. The van der Waals surface area contributed by atoms with Crippen LogP contribution < -0.4 is 10.1 Å². The zero-order valence-electron chi connectivity index (χ0n) is 17.1. The second kappa shape index (κ2) is 6.46. The second-order valence-corrected chi connectivity index (χ2v) is 9.59. The highest BCUT2D eigenvalue weighted by Crippen LogP contribution is 2.70. The molecule has 4 aliphatic rings. The molecular weight excluding hydrogens is 354 g/mol. The number of quaternary nitrogens is 1. The number of esters is 1. The van der Waals surface area contributed by atoms with E-state index in [0.29, 0.717) is 5.92 Å². The quantitative estimate of drug-likeness (QED) is 0.623. The maximum absolute atomic E-state index is 12.7. The van der Waals surface area contributed by atoms with Crippen molar-refractivity contribution >= 4 is 5.97 Å². The van der Waals surface area contributed by atoms with Crippen molar-refractivity contribution in [3.05, 3.63) is 29.8 Å². The van der Waals surface area contributed by atoms with Gasteiger partial charge in [0.1, 0.15) is 29.9 Å². The van der Waals surface area contributed by atoms with Crippen LogP contribution in [0.15, 0.2) is 24.3 Å². The fourth-order valence-corrected chi connectivity index (χ4v) is 6.79. The zero-order valence-corrected chi connectivity index (χ0v) is 17.1. The zero-order chi connectivity index (χ0) is 19.5. The SMILES string of the molecule is COc1ccccc1C[NH2+]C[C@@H]1C(=O)O[C@@H]2C[C@@]3(C)CCC[C@@H](C)[C@@]34O[C@H]4[C@H]12. The number of hydrogen-bond donors (Lipinski definition) is 1. The average Bonchev–Trinajstić information content (AvgIpc) is 3.36. The maximum Gasteiger partial charge on any atom is 0.315 e. The van der Waals surface area contributed by atoms with Crippen LogP contribution in [-0.2, 0) is 20.8 Å². The van der Waals surface area contributed by atoms with Gasteiger partial charge in [0.25, 0.3) is 0 Å². The van der Waals surface area contributed by atoms with Gasteiger partial charge in [0.2, 0.25) is 0 Å². The van der Waals surface area contributed by atoms with E-state index in [1.807, 2.05) is 18.2 Å². The van der Waals surface area contributed by atoms with Crippen molar-refractivity contribution in [1.29, 1.82) is 0 Å². The average molecular weight is 387 g/mol. The minimum Gasteiger partial charge on any atom is -0.496 e. The minimum absolute atomic E-state index is 0.0126. The summed E-state index contributed by atoms with van der Waals surface area (Å²) in [6, 6.07) is 8.08. The third-order valence-corrected chi connectivity index (χ3v) is 8.17. The maximum atomic E-state index is 12.7. The van der Waals surface area contributed by atoms with Gasteiger partial charge in [0.05, 0.1) is 19.8 Å². The van der Waals surface area contributed by atoms with Gasteiger partial charge >= 0.3 is 5.97 Å². The van der Waals surface area contributed by atoms with Crippen molar-refractivity contribution in [1.82, 2.24) is 0 Å². The van der Waals surface area contributed by atoms with Gasteiger partial charge in [-0.05, 0) is 37.3 Å². The van der Waals surface area contributed by atoms with E-state index >= 15 is 0 Å². The molecule has 0 amide bonds. The molecule has 0 unspecified atom stereocenters. The van der Waals surface area contributed by atoms with E-state index in [1.165, 1.54) is 19.3 Å². The Morgan fingerprint density at radius 3 is 2.96 bits per heavy atom. The lowest BCUT2D eigenvalue weighted by atomic mass is 9.53. The van der Waals surface area contributed by atoms with Gasteiger partial charge in [0, 0.05) is 16.9 Å². The number of epoxide rings is 1. The van der Waals surface area contributed by atoms with Crippen LogP contribution in [-0.4, -0.2) is 37.4 Å². The summed E-state index contributed by atoms with van der Waals surface area (Å²) in [5.74, 6) is 1.61. The minimum atomic E-state index is -0.0669. The van der Waals surface area contributed by atoms with E-state index in [0.717, 1.165) is 30.8 Å². The fourth-order valence-electron chi connectivity index (χ4n) is 6.79. The number of carbonyl (C=O) groups is 1. The molecule has 2 saturated carbocycles. The number of rotatable bonds is 5. The number of nitrogens with two attached hydrogens (primary N) is 1. The first-order valence-electron chi connectivity index (χ1n) is 10.8. The van der Waals surface area contributed by atoms with Crippen molar-refractivity contribution in [2.75, 3.05) is 13.7 Å². The van der Waals surface area contributed by atoms with E-state index in [4.69, 9.17) is 14.2 Å². The first-order valence-corrected chi connectivity index (χ1v) is 10.8. The summed E-state index contributed by atoms with van der Waals surface area (Å²) in [7, 11) is 1.70. The molecule has 1 spiro atoms. The lowest BCUT2D eigenvalue weighted by Gasteiger charge is -2.48. The van der Waals surface area contributed by atoms with Gasteiger partial charge in [-0.25, -0.2) is 0 Å². The molecule has 152 valence electrons. The summed E-state index contributed by atoms with van der Waals surface area (Å²) < 4.78 is 17.9. The van der Waals surface area contributed by atoms with Crippen LogP contribution in [0.4, 0.5) is 0 Å². The third kappa shape index (κ3) is 2.48. The Bertz CT molecular complexity index is 782. The number of para-hydroxylation sites is 1. The van der Waals surface area contributed by atoms with Crippen LogP contribution in [0.2, 0.25) is 0 Å². The Balaban J connectivity index is 1.30. The highest BCUT2D eigenvalue weighted by Gasteiger charge is 2.78. The molecule has 1 aromatic rings. The van der Waals surface area contributed by atoms with Crippen molar-refractivity contribution < 1.29 is 24.3 Å². The number of ether oxygens (including phenoxy) is 3. The summed E-state index contributed by atoms with van der Waals surface area (Å²) >= 11 is 0. The largest absolute Gasteiger partial charge is 0.496 e. The van der Waals surface area contributed by atoms with Gasteiger partial charge < -0.3 is 19.5 Å². The van der Waals surface area contributed by atoms with Crippen LogP contribution >= 0.6 is 0 Å². The van der Waals surface area contributed by atoms with E-state index in [9.17, 15) is 4.79 Å². The molecule has 5 heteroatoms. The molecule has 1 aromatic carbocycles. The van der Waals surface area contributed by atoms with Gasteiger partial charge in [0.15, 0.2) is 0 Å². The number of hydrogen-bond acceptors (Lipinski definition) is 4. The predicted octanol–water partition coefficient (Wildman–Crippen LogP) is 2.28. The van der Waals surface area contributed by atoms with Crippen LogP contribution in [0.1, 0.15) is 45.1 Å². The van der Waals surface area contributed by atoms with Gasteiger partial charge in [-0.2, -0.15) is 0 Å². The molecule has 7 atom stereocenters. The first-order chi connectivity index (χ1) is 13.5. The van der Waals surface area contributed by atoms with E-state index in [-0.39, 0.29) is 41.0 Å². The Hall–Kier alpha value is -1.59. The molecule has 2 saturated heterocycles. The Morgan fingerprint density at radius 2 is 2.14 bits per heavy atom. The topological polar surface area (TPSA) is 64.7 Å². The third-order valence-electron chi connectivity index (χ3n) is 8.17. The van der Waals surface area contributed by atoms with E-state index < -0.39 is 0 Å². The number of benzene rings is 1. The summed E-state index contributed by atoms with van der Waals surface area (Å²) in [5, 5.41) is 2.22. The van der Waals surface area contributed by atoms with E-state index in [2.05, 4.69) is 25.2 Å². The smallest absolute Gasteiger partial charge is 0.315 e. The summed E-state index contributed by atoms with van der Waals surface area (Å²) in [5.41, 5.74) is 1.30. The summed E-state index contributed by atoms with van der Waals surface area (Å²) in [6.45, 7) is 6.26. The van der Waals surface area contributed by atoms with Crippen LogP contribution in [0.3, 0.4) is 0 Å². The molecule has 0 aromatic heterocycles. The van der Waals surface area contributed by atoms with Crippen LogP contribution in [0, 0.1) is 23.2 Å². The van der Waals surface area contributed by atoms with Crippen molar-refractivity contribution in [2.24, 2.45) is 23.2 Å². The summed E-state index contributed by atoms with van der Waals surface area (Å²) in [6.07, 6.45) is 4.89. The molecule has 0 bridgehead atoms. The number of fused-ring (bicyclic) bond motifs is 2. The molecule has 5 nitrogen and oxygen atoms in total. The summed E-state index contributed by atoms with van der Waals surface area (Å²) in [4.78, 5) is 12.7. The van der Waals surface area contributed by atoms with Crippen LogP contribution in [0.5, 0.6) is 5.75 Å². The first kappa shape index (κ1) is 18.4. The Labute approximate surface area is 167 Å². The van der Waals surface area contributed by atoms with E-state index in [1.54, 1.807) is 7.11 Å². The molecule has 2 N–H and O–H groups in total. The lowest BCUT2D eigenvalue weighted by molar-refractivity contribution is -0.675. The molecule has 4 fully saturated rings. The van der Waals surface area contributed by atoms with Gasteiger partial charge in [-0.15, -0.1) is 0 Å². The lowest BCUT2D eigenvalue weighted by Crippen LogP contribution is -2.84. The molecule has 2 aliphatic carbocycles. The molecule has 28 heavy (non-hydrogen) atoms. The number of carbonyl (C=O) groups excluding carboxylic acids is 1. The Kier molecular flexibility index (Phi) is 4.25. The van der Waals surface area contributed by atoms with Crippen molar-refractivity contribution in [3.63, 3.8) is 0 Å². The standard InChI is InChI=1S/C23H31NO4/c1-14-7-6-10-22(2)11-18-19(20-23(14,22)28-20)16(21(25)27-18)13-24-12-15-8-4-5-9-17(15)26-3/h4-5,8-9,14,16,18-20,24H,6-7,10-13H2,1-3H3/p+1/t14-,16+,18-,19-,20+,22-,23+/m1/s1. The Morgan fingerprint density at radius 1 is 1.32 bits per heavy atom. The van der Waals surface area contributed by atoms with Gasteiger partial charge in [-0.1, -0.05) is 32.4 Å². The molecule has 5 rings (SSSR count). The fraction of sp³-hybridized carbons (Fsp3) is 0.696. The second-order valence-electron chi connectivity index (χ2n) is 9.59. The van der Waals surface area contributed by atoms with Crippen LogP contribution in [0.25, 0.3) is 0 Å².